The lowest BCUT2D eigenvalue weighted by Crippen LogP contribution is -2.14. The van der Waals surface area contributed by atoms with Gasteiger partial charge in [-0.1, -0.05) is 40.2 Å². The van der Waals surface area contributed by atoms with Crippen molar-refractivity contribution in [3.05, 3.63) is 92.0 Å². The van der Waals surface area contributed by atoms with Gasteiger partial charge < -0.3 is 19.5 Å². The van der Waals surface area contributed by atoms with Gasteiger partial charge in [-0.05, 0) is 35.9 Å². The predicted molar refractivity (Wildman–Crippen MR) is 133 cm³/mol. The third-order valence-corrected chi connectivity index (χ3v) is 5.36. The number of carbonyl (C=O) groups is 1. The smallest absolute Gasteiger partial charge is 0.273 e. The third kappa shape index (κ3) is 6.37. The number of nitrogens with zero attached hydrogens (tertiary/aromatic N) is 2. The fraction of sp³-hybridized carbons (Fsp3) is 0.120. The zero-order valence-corrected chi connectivity index (χ0v) is 20.4. The van der Waals surface area contributed by atoms with Crippen LogP contribution in [0.5, 0.6) is 17.2 Å². The first kappa shape index (κ1) is 25.3. The molecule has 0 radical (unpaired) electrons. The van der Waals surface area contributed by atoms with Crippen LogP contribution in [0.2, 0.25) is 0 Å². The molecule has 0 saturated heterocycles. The van der Waals surface area contributed by atoms with Gasteiger partial charge in [-0.3, -0.25) is 14.9 Å². The number of hydrogen-bond acceptors (Lipinski definition) is 7. The summed E-state index contributed by atoms with van der Waals surface area (Å²) in [7, 11) is 2.81. The SMILES string of the molecule is COc1cc([N+](=O)[O-])ccc1NC(=O)/C(C#N)=C\c1cccc(OC)c1OCc1ccc(Br)cc1. The minimum Gasteiger partial charge on any atom is -0.494 e. The number of amides is 1. The Balaban J connectivity index is 1.89. The fourth-order valence-electron chi connectivity index (χ4n) is 3.09. The molecular weight excluding hydrogens is 518 g/mol. The molecule has 0 aliphatic heterocycles. The van der Waals surface area contributed by atoms with Crippen molar-refractivity contribution >= 4 is 39.3 Å². The molecule has 0 saturated carbocycles. The van der Waals surface area contributed by atoms with E-state index in [0.717, 1.165) is 10.0 Å². The average Bonchev–Trinajstić information content (AvgIpc) is 2.87. The Bertz CT molecular complexity index is 1320. The molecule has 178 valence electrons. The minimum absolute atomic E-state index is 0.0877. The summed E-state index contributed by atoms with van der Waals surface area (Å²) in [6, 6.07) is 18.3. The standard InChI is InChI=1S/C25H20BrN3O6/c1-33-22-5-3-4-17(24(22)35-15-16-6-8-19(26)9-7-16)12-18(14-27)25(30)28-21-11-10-20(29(31)32)13-23(21)34-2/h3-13H,15H2,1-2H3,(H,28,30)/b18-12-. The van der Waals surface area contributed by atoms with Gasteiger partial charge in [0.2, 0.25) is 0 Å². The van der Waals surface area contributed by atoms with Crippen molar-refractivity contribution in [1.29, 1.82) is 5.26 Å². The number of rotatable bonds is 9. The van der Waals surface area contributed by atoms with Crippen LogP contribution in [-0.2, 0) is 11.4 Å². The van der Waals surface area contributed by atoms with Crippen LogP contribution in [0.4, 0.5) is 11.4 Å². The van der Waals surface area contributed by atoms with E-state index < -0.39 is 10.8 Å². The number of nitriles is 1. The van der Waals surface area contributed by atoms with Crippen molar-refractivity contribution in [2.75, 3.05) is 19.5 Å². The first-order valence-corrected chi connectivity index (χ1v) is 11.0. The first-order chi connectivity index (χ1) is 16.9. The molecule has 10 heteroatoms. The van der Waals surface area contributed by atoms with Gasteiger partial charge in [-0.15, -0.1) is 0 Å². The second-order valence-electron chi connectivity index (χ2n) is 7.06. The summed E-state index contributed by atoms with van der Waals surface area (Å²) in [4.78, 5) is 23.3. The van der Waals surface area contributed by atoms with Crippen LogP contribution < -0.4 is 19.5 Å². The summed E-state index contributed by atoms with van der Waals surface area (Å²) in [5, 5.41) is 23.2. The van der Waals surface area contributed by atoms with E-state index in [2.05, 4.69) is 21.2 Å². The molecule has 9 nitrogen and oxygen atoms in total. The number of ether oxygens (including phenoxy) is 3. The largest absolute Gasteiger partial charge is 0.494 e. The molecule has 0 atom stereocenters. The maximum Gasteiger partial charge on any atom is 0.273 e. The molecule has 1 amide bonds. The predicted octanol–water partition coefficient (Wildman–Crippen LogP) is 5.50. The lowest BCUT2D eigenvalue weighted by molar-refractivity contribution is -0.384. The number of halogens is 1. The highest BCUT2D eigenvalue weighted by Crippen LogP contribution is 2.34. The van der Waals surface area contributed by atoms with Crippen LogP contribution in [-0.4, -0.2) is 25.1 Å². The zero-order valence-electron chi connectivity index (χ0n) is 18.8. The molecule has 35 heavy (non-hydrogen) atoms. The highest BCUT2D eigenvalue weighted by atomic mass is 79.9. The van der Waals surface area contributed by atoms with Crippen molar-refractivity contribution in [1.82, 2.24) is 0 Å². The Morgan fingerprint density at radius 2 is 1.83 bits per heavy atom. The van der Waals surface area contributed by atoms with E-state index in [1.807, 2.05) is 30.3 Å². The highest BCUT2D eigenvalue weighted by molar-refractivity contribution is 9.10. The minimum atomic E-state index is -0.721. The highest BCUT2D eigenvalue weighted by Gasteiger charge is 2.17. The summed E-state index contributed by atoms with van der Waals surface area (Å²) < 4.78 is 17.5. The Kier molecular flexibility index (Phi) is 8.43. The maximum atomic E-state index is 12.8. The molecule has 0 heterocycles. The molecule has 1 N–H and O–H groups in total. The lowest BCUT2D eigenvalue weighted by Gasteiger charge is -2.14. The summed E-state index contributed by atoms with van der Waals surface area (Å²) in [6.07, 6.45) is 1.38. The molecule has 0 aromatic heterocycles. The topological polar surface area (TPSA) is 124 Å². The second kappa shape index (κ2) is 11.7. The van der Waals surface area contributed by atoms with Gasteiger partial charge in [-0.2, -0.15) is 5.26 Å². The number of hydrogen-bond donors (Lipinski definition) is 1. The Morgan fingerprint density at radius 1 is 1.11 bits per heavy atom. The molecule has 0 aliphatic carbocycles. The van der Waals surface area contributed by atoms with Gasteiger partial charge in [0, 0.05) is 16.1 Å². The number of methoxy groups -OCH3 is 2. The molecular formula is C25H20BrN3O6. The summed E-state index contributed by atoms with van der Waals surface area (Å²) >= 11 is 3.39. The van der Waals surface area contributed by atoms with Crippen molar-refractivity contribution in [2.24, 2.45) is 0 Å². The Morgan fingerprint density at radius 3 is 2.46 bits per heavy atom. The number of nitro benzene ring substituents is 1. The van der Waals surface area contributed by atoms with E-state index in [4.69, 9.17) is 14.2 Å². The quantitative estimate of drug-likeness (QED) is 0.165. The number of anilines is 1. The van der Waals surface area contributed by atoms with E-state index >= 15 is 0 Å². The molecule has 0 fully saturated rings. The molecule has 3 aromatic rings. The first-order valence-electron chi connectivity index (χ1n) is 10.2. The van der Waals surface area contributed by atoms with Gasteiger partial charge in [-0.25, -0.2) is 0 Å². The molecule has 3 rings (SSSR count). The lowest BCUT2D eigenvalue weighted by atomic mass is 10.1. The van der Waals surface area contributed by atoms with Crippen molar-refractivity contribution in [2.45, 2.75) is 6.61 Å². The monoisotopic (exact) mass is 537 g/mol. The van der Waals surface area contributed by atoms with E-state index in [1.165, 1.54) is 38.5 Å². The van der Waals surface area contributed by atoms with Crippen molar-refractivity contribution in [3.8, 4) is 23.3 Å². The van der Waals surface area contributed by atoms with Crippen LogP contribution in [0.1, 0.15) is 11.1 Å². The summed E-state index contributed by atoms with van der Waals surface area (Å²) in [5.41, 5.74) is 1.15. The number of nitrogens with one attached hydrogen (secondary N) is 1. The zero-order chi connectivity index (χ0) is 25.4. The summed E-state index contributed by atoms with van der Waals surface area (Å²) in [5.74, 6) is 0.169. The maximum absolute atomic E-state index is 12.8. The molecule has 0 spiro atoms. The van der Waals surface area contributed by atoms with Gasteiger partial charge in [0.25, 0.3) is 11.6 Å². The van der Waals surface area contributed by atoms with Crippen molar-refractivity contribution in [3.63, 3.8) is 0 Å². The van der Waals surface area contributed by atoms with Crippen molar-refractivity contribution < 1.29 is 23.9 Å². The summed E-state index contributed by atoms with van der Waals surface area (Å²) in [6.45, 7) is 0.239. The van der Waals surface area contributed by atoms with E-state index in [0.29, 0.717) is 17.1 Å². The Hall–Kier alpha value is -4.36. The second-order valence-corrected chi connectivity index (χ2v) is 7.98. The average molecular weight is 538 g/mol. The van der Waals surface area contributed by atoms with Crippen LogP contribution in [0, 0.1) is 21.4 Å². The van der Waals surface area contributed by atoms with E-state index in [9.17, 15) is 20.2 Å². The third-order valence-electron chi connectivity index (χ3n) is 4.83. The van der Waals surface area contributed by atoms with Gasteiger partial charge in [0.1, 0.15) is 24.0 Å². The van der Waals surface area contributed by atoms with Crippen LogP contribution in [0.15, 0.2) is 70.7 Å². The fourth-order valence-corrected chi connectivity index (χ4v) is 3.35. The Labute approximate surface area is 209 Å². The number of nitro groups is 1. The van der Waals surface area contributed by atoms with Gasteiger partial charge >= 0.3 is 0 Å². The normalized spacial score (nSPS) is 10.7. The number of carbonyl (C=O) groups excluding carboxylic acids is 1. The molecule has 0 bridgehead atoms. The van der Waals surface area contributed by atoms with E-state index in [1.54, 1.807) is 18.2 Å². The van der Waals surface area contributed by atoms with Crippen LogP contribution in [0.25, 0.3) is 6.08 Å². The van der Waals surface area contributed by atoms with Crippen LogP contribution >= 0.6 is 15.9 Å². The molecule has 3 aromatic carbocycles. The van der Waals surface area contributed by atoms with Gasteiger partial charge in [0.05, 0.1) is 30.9 Å². The van der Waals surface area contributed by atoms with Gasteiger partial charge in [0.15, 0.2) is 11.5 Å². The molecule has 0 aliphatic rings. The number of benzene rings is 3. The number of non-ortho nitro benzene ring substituents is 1. The van der Waals surface area contributed by atoms with Crippen LogP contribution in [0.3, 0.4) is 0 Å². The number of para-hydroxylation sites is 1. The molecule has 0 unspecified atom stereocenters. The van der Waals surface area contributed by atoms with E-state index in [-0.39, 0.29) is 29.3 Å².